The average molecular weight is 332 g/mol. The van der Waals surface area contributed by atoms with Gasteiger partial charge in [0.15, 0.2) is 5.78 Å². The first-order chi connectivity index (χ1) is 11.6. The molecule has 4 rings (SSSR count). The van der Waals surface area contributed by atoms with Gasteiger partial charge in [-0.2, -0.15) is 0 Å². The van der Waals surface area contributed by atoms with Crippen LogP contribution in [0.1, 0.15) is 51.9 Å². The molecule has 1 spiro atoms. The molecule has 0 aromatic heterocycles. The summed E-state index contributed by atoms with van der Waals surface area (Å²) in [5.74, 6) is 0.140. The van der Waals surface area contributed by atoms with Crippen molar-refractivity contribution in [1.82, 2.24) is 10.6 Å². The molecule has 2 heterocycles. The van der Waals surface area contributed by atoms with E-state index in [0.29, 0.717) is 6.42 Å². The second kappa shape index (κ2) is 6.28. The van der Waals surface area contributed by atoms with Gasteiger partial charge in [-0.15, -0.1) is 0 Å². The number of Topliss-reactive ketones (excluding diaryl/α,β-unsaturated/α-hetero) is 1. The Kier molecular flexibility index (Phi) is 4.27. The number of rotatable bonds is 3. The molecule has 0 radical (unpaired) electrons. The lowest BCUT2D eigenvalue weighted by Crippen LogP contribution is -2.54. The molecule has 0 bridgehead atoms. The Labute approximate surface area is 143 Å². The van der Waals surface area contributed by atoms with Crippen LogP contribution in [0.5, 0.6) is 0 Å². The zero-order valence-electron chi connectivity index (χ0n) is 14.4. The van der Waals surface area contributed by atoms with E-state index in [1.807, 2.05) is 0 Å². The van der Waals surface area contributed by atoms with Gasteiger partial charge in [0.2, 0.25) is 0 Å². The second-order valence-corrected chi connectivity index (χ2v) is 7.71. The standard InChI is InChI=1S/C19H28N2O3/c1-2-8-20-16-15-14(10-12-9-13(22)11-24-17(12)16)21-19(18(15)23)6-4-3-5-7-19/h10,16-18,20-21,23H,2-9,11H2,1H3. The van der Waals surface area contributed by atoms with E-state index < -0.39 is 6.10 Å². The van der Waals surface area contributed by atoms with Gasteiger partial charge >= 0.3 is 0 Å². The van der Waals surface area contributed by atoms with Crippen molar-refractivity contribution in [2.75, 3.05) is 13.2 Å². The maximum absolute atomic E-state index is 11.8. The summed E-state index contributed by atoms with van der Waals surface area (Å²) >= 11 is 0. The third kappa shape index (κ3) is 2.54. The Morgan fingerprint density at radius 2 is 2.17 bits per heavy atom. The highest BCUT2D eigenvalue weighted by Crippen LogP contribution is 2.44. The van der Waals surface area contributed by atoms with Crippen LogP contribution >= 0.6 is 0 Å². The highest BCUT2D eigenvalue weighted by atomic mass is 16.5. The first-order valence-electron chi connectivity index (χ1n) is 9.42. The number of carbonyl (C=O) groups is 1. The van der Waals surface area contributed by atoms with Crippen molar-refractivity contribution in [3.8, 4) is 0 Å². The number of ether oxygens (including phenoxy) is 1. The summed E-state index contributed by atoms with van der Waals surface area (Å²) in [5, 5.41) is 18.4. The largest absolute Gasteiger partial charge is 0.386 e. The fraction of sp³-hybridized carbons (Fsp3) is 0.737. The molecule has 0 aromatic rings. The Bertz CT molecular complexity index is 589. The number of aliphatic hydroxyl groups is 1. The summed E-state index contributed by atoms with van der Waals surface area (Å²) in [6.07, 6.45) is 8.57. The minimum Gasteiger partial charge on any atom is -0.386 e. The summed E-state index contributed by atoms with van der Waals surface area (Å²) in [6.45, 7) is 3.20. The number of allylic oxidation sites excluding steroid dienone is 1. The highest BCUT2D eigenvalue weighted by Gasteiger charge is 2.52. The van der Waals surface area contributed by atoms with Gasteiger partial charge in [-0.05, 0) is 37.5 Å². The number of hydrogen-bond donors (Lipinski definition) is 3. The van der Waals surface area contributed by atoms with E-state index in [2.05, 4.69) is 23.6 Å². The van der Waals surface area contributed by atoms with Gasteiger partial charge in [0.1, 0.15) is 12.7 Å². The Morgan fingerprint density at radius 3 is 2.92 bits per heavy atom. The number of aliphatic hydroxyl groups excluding tert-OH is 1. The highest BCUT2D eigenvalue weighted by molar-refractivity contribution is 5.83. The van der Waals surface area contributed by atoms with Gasteiger partial charge < -0.3 is 20.5 Å². The van der Waals surface area contributed by atoms with Gasteiger partial charge in [-0.1, -0.05) is 26.2 Å². The van der Waals surface area contributed by atoms with Crippen LogP contribution in [0.3, 0.4) is 0 Å². The third-order valence-corrected chi connectivity index (χ3v) is 6.03. The van der Waals surface area contributed by atoms with Gasteiger partial charge in [0.05, 0.1) is 17.7 Å². The van der Waals surface area contributed by atoms with Crippen LogP contribution in [-0.4, -0.2) is 47.8 Å². The Balaban J connectivity index is 1.68. The number of ketones is 1. The van der Waals surface area contributed by atoms with Crippen molar-refractivity contribution in [1.29, 1.82) is 0 Å². The SMILES string of the molecule is CCCNC1C2=C(C=C3CC(=O)COC31)NC1(CCCCC1)C2O. The second-order valence-electron chi connectivity index (χ2n) is 7.71. The van der Waals surface area contributed by atoms with Crippen molar-refractivity contribution in [2.45, 2.75) is 75.7 Å². The molecule has 1 saturated heterocycles. The van der Waals surface area contributed by atoms with Crippen LogP contribution in [0.15, 0.2) is 22.9 Å². The molecule has 4 aliphatic rings. The van der Waals surface area contributed by atoms with E-state index in [9.17, 15) is 9.90 Å². The molecular weight excluding hydrogens is 304 g/mol. The molecule has 5 heteroatoms. The van der Waals surface area contributed by atoms with Gasteiger partial charge in [0.25, 0.3) is 0 Å². The van der Waals surface area contributed by atoms with Crippen molar-refractivity contribution < 1.29 is 14.6 Å². The predicted molar refractivity (Wildman–Crippen MR) is 91.5 cm³/mol. The number of carbonyl (C=O) groups excluding carboxylic acids is 1. The normalized spacial score (nSPS) is 34.7. The molecule has 2 aliphatic carbocycles. The topological polar surface area (TPSA) is 70.6 Å². The number of hydrogen-bond acceptors (Lipinski definition) is 5. The molecule has 2 fully saturated rings. The fourth-order valence-electron chi connectivity index (χ4n) is 4.87. The van der Waals surface area contributed by atoms with E-state index in [1.165, 1.54) is 6.42 Å². The first-order valence-corrected chi connectivity index (χ1v) is 9.42. The van der Waals surface area contributed by atoms with Crippen molar-refractivity contribution >= 4 is 5.78 Å². The summed E-state index contributed by atoms with van der Waals surface area (Å²) in [5.41, 5.74) is 2.91. The summed E-state index contributed by atoms with van der Waals surface area (Å²) in [6, 6.07) is -0.0307. The fourth-order valence-corrected chi connectivity index (χ4v) is 4.87. The molecule has 3 N–H and O–H groups in total. The quantitative estimate of drug-likeness (QED) is 0.732. The Hall–Kier alpha value is -1.17. The van der Waals surface area contributed by atoms with E-state index in [0.717, 1.165) is 55.5 Å². The third-order valence-electron chi connectivity index (χ3n) is 6.03. The molecule has 24 heavy (non-hydrogen) atoms. The maximum Gasteiger partial charge on any atom is 0.162 e. The predicted octanol–water partition coefficient (Wildman–Crippen LogP) is 1.57. The van der Waals surface area contributed by atoms with Crippen molar-refractivity contribution in [3.05, 3.63) is 22.9 Å². The van der Waals surface area contributed by atoms with Gasteiger partial charge in [0, 0.05) is 17.7 Å². The summed E-state index contributed by atoms with van der Waals surface area (Å²) < 4.78 is 5.88. The molecule has 2 aliphatic heterocycles. The molecule has 3 atom stereocenters. The minimum absolute atomic E-state index is 0.0307. The van der Waals surface area contributed by atoms with E-state index in [4.69, 9.17) is 4.74 Å². The zero-order valence-corrected chi connectivity index (χ0v) is 14.4. The van der Waals surface area contributed by atoms with E-state index in [1.54, 1.807) is 0 Å². The number of nitrogens with one attached hydrogen (secondary N) is 2. The van der Waals surface area contributed by atoms with Crippen LogP contribution in [0.4, 0.5) is 0 Å². The monoisotopic (exact) mass is 332 g/mol. The summed E-state index contributed by atoms with van der Waals surface area (Å²) in [4.78, 5) is 11.8. The smallest absolute Gasteiger partial charge is 0.162 e. The zero-order chi connectivity index (χ0) is 16.7. The lowest BCUT2D eigenvalue weighted by atomic mass is 9.75. The molecule has 0 aromatic carbocycles. The van der Waals surface area contributed by atoms with Crippen LogP contribution in [-0.2, 0) is 9.53 Å². The average Bonchev–Trinajstić information content (AvgIpc) is 2.84. The van der Waals surface area contributed by atoms with E-state index in [-0.39, 0.29) is 30.1 Å². The van der Waals surface area contributed by atoms with Crippen molar-refractivity contribution in [3.63, 3.8) is 0 Å². The summed E-state index contributed by atoms with van der Waals surface area (Å²) in [7, 11) is 0. The first kappa shape index (κ1) is 16.3. The molecule has 0 amide bonds. The Morgan fingerprint density at radius 1 is 1.38 bits per heavy atom. The molecule has 5 nitrogen and oxygen atoms in total. The molecule has 132 valence electrons. The van der Waals surface area contributed by atoms with Gasteiger partial charge in [-0.3, -0.25) is 4.79 Å². The van der Waals surface area contributed by atoms with Crippen LogP contribution in [0, 0.1) is 0 Å². The van der Waals surface area contributed by atoms with Gasteiger partial charge in [-0.25, -0.2) is 0 Å². The molecular formula is C19H28N2O3. The number of fused-ring (bicyclic) bond motifs is 1. The lowest BCUT2D eigenvalue weighted by molar-refractivity contribution is -0.128. The minimum atomic E-state index is -0.471. The maximum atomic E-state index is 11.8. The van der Waals surface area contributed by atoms with Crippen LogP contribution < -0.4 is 10.6 Å². The molecule has 1 saturated carbocycles. The van der Waals surface area contributed by atoms with E-state index >= 15 is 0 Å². The van der Waals surface area contributed by atoms with Crippen molar-refractivity contribution in [2.24, 2.45) is 0 Å². The van der Waals surface area contributed by atoms with Crippen LogP contribution in [0.2, 0.25) is 0 Å². The molecule has 3 unspecified atom stereocenters. The van der Waals surface area contributed by atoms with Crippen LogP contribution in [0.25, 0.3) is 0 Å². The lowest BCUT2D eigenvalue weighted by Gasteiger charge is -2.40.